The van der Waals surface area contributed by atoms with Crippen LogP contribution >= 0.6 is 0 Å². The van der Waals surface area contributed by atoms with Crippen molar-refractivity contribution >= 4 is 11.8 Å². The van der Waals surface area contributed by atoms with Gasteiger partial charge in [0.25, 0.3) is 0 Å². The molecule has 0 spiro atoms. The number of anilines is 1. The Morgan fingerprint density at radius 3 is 2.48 bits per heavy atom. The standard InChI is InChI=1S/C17H15NO3/c19-13-5-4-6-14-9-11-15(12-10-14)18-17(20)21-16-7-2-1-3-8-16/h1-3,7-12,19H,5,13H2,(H,18,20). The lowest BCUT2D eigenvalue weighted by molar-refractivity contribution is 0.215. The highest BCUT2D eigenvalue weighted by atomic mass is 16.6. The Hall–Kier alpha value is -2.77. The van der Waals surface area contributed by atoms with E-state index in [9.17, 15) is 4.79 Å². The van der Waals surface area contributed by atoms with Crippen molar-refractivity contribution in [3.05, 3.63) is 60.2 Å². The Kier molecular flexibility index (Phi) is 5.39. The first-order valence-corrected chi connectivity index (χ1v) is 6.51. The number of para-hydroxylation sites is 1. The molecule has 1 amide bonds. The minimum atomic E-state index is -0.541. The Bertz CT molecular complexity index is 639. The van der Waals surface area contributed by atoms with Gasteiger partial charge in [-0.15, -0.1) is 0 Å². The number of rotatable bonds is 3. The number of ether oxygens (including phenoxy) is 1. The van der Waals surface area contributed by atoms with Crippen molar-refractivity contribution in [3.8, 4) is 17.6 Å². The molecule has 4 nitrogen and oxygen atoms in total. The van der Waals surface area contributed by atoms with Crippen molar-refractivity contribution < 1.29 is 14.6 Å². The molecule has 2 aromatic rings. The van der Waals surface area contributed by atoms with E-state index < -0.39 is 6.09 Å². The third-order valence-electron chi connectivity index (χ3n) is 2.55. The Morgan fingerprint density at radius 1 is 1.10 bits per heavy atom. The molecule has 0 heterocycles. The Morgan fingerprint density at radius 2 is 1.81 bits per heavy atom. The van der Waals surface area contributed by atoms with Crippen molar-refractivity contribution in [2.24, 2.45) is 0 Å². The highest BCUT2D eigenvalue weighted by molar-refractivity contribution is 5.86. The number of carbonyl (C=O) groups is 1. The van der Waals surface area contributed by atoms with Gasteiger partial charge in [0.05, 0.1) is 6.61 Å². The number of nitrogens with one attached hydrogen (secondary N) is 1. The molecule has 0 atom stereocenters. The Labute approximate surface area is 123 Å². The maximum atomic E-state index is 11.7. The molecule has 0 saturated carbocycles. The molecule has 0 radical (unpaired) electrons. The summed E-state index contributed by atoms with van der Waals surface area (Å²) in [6.45, 7) is 0.0535. The summed E-state index contributed by atoms with van der Waals surface area (Å²) in [5.74, 6) is 6.23. The SMILES string of the molecule is O=C(Nc1ccc(C#CCCO)cc1)Oc1ccccc1. The number of benzene rings is 2. The summed E-state index contributed by atoms with van der Waals surface area (Å²) in [5, 5.41) is 11.3. The molecule has 0 aliphatic heterocycles. The number of amides is 1. The third kappa shape index (κ3) is 5.01. The van der Waals surface area contributed by atoms with Crippen molar-refractivity contribution in [1.29, 1.82) is 0 Å². The van der Waals surface area contributed by atoms with Gasteiger partial charge in [-0.2, -0.15) is 0 Å². The fourth-order valence-corrected chi connectivity index (χ4v) is 1.60. The molecular weight excluding hydrogens is 266 g/mol. The van der Waals surface area contributed by atoms with Crippen molar-refractivity contribution in [1.82, 2.24) is 0 Å². The van der Waals surface area contributed by atoms with Crippen LogP contribution in [0.5, 0.6) is 5.75 Å². The third-order valence-corrected chi connectivity index (χ3v) is 2.55. The number of carbonyl (C=O) groups excluding carboxylic acids is 1. The molecule has 106 valence electrons. The minimum absolute atomic E-state index is 0.0535. The molecule has 0 fully saturated rings. The monoisotopic (exact) mass is 281 g/mol. The quantitative estimate of drug-likeness (QED) is 0.850. The van der Waals surface area contributed by atoms with E-state index in [1.165, 1.54) is 0 Å². The summed E-state index contributed by atoms with van der Waals surface area (Å²) in [6, 6.07) is 15.9. The van der Waals surface area contributed by atoms with Gasteiger partial charge in [0.15, 0.2) is 0 Å². The van der Waals surface area contributed by atoms with Crippen LogP contribution in [0.1, 0.15) is 12.0 Å². The second-order valence-electron chi connectivity index (χ2n) is 4.18. The molecule has 2 N–H and O–H groups in total. The lowest BCUT2D eigenvalue weighted by Crippen LogP contribution is -2.16. The van der Waals surface area contributed by atoms with E-state index in [-0.39, 0.29) is 6.61 Å². The first kappa shape index (κ1) is 14.6. The normalized spacial score (nSPS) is 9.38. The second-order valence-corrected chi connectivity index (χ2v) is 4.18. The molecule has 0 aliphatic carbocycles. The zero-order valence-corrected chi connectivity index (χ0v) is 11.4. The molecule has 0 bridgehead atoms. The molecule has 0 aromatic heterocycles. The highest BCUT2D eigenvalue weighted by Gasteiger charge is 2.04. The van der Waals surface area contributed by atoms with Crippen LogP contribution in [0.3, 0.4) is 0 Å². The first-order chi connectivity index (χ1) is 10.3. The van der Waals surface area contributed by atoms with Crippen LogP contribution in [0.15, 0.2) is 54.6 Å². The molecular formula is C17H15NO3. The van der Waals surface area contributed by atoms with E-state index in [1.807, 2.05) is 6.07 Å². The highest BCUT2D eigenvalue weighted by Crippen LogP contribution is 2.12. The minimum Gasteiger partial charge on any atom is -0.410 e. The van der Waals surface area contributed by atoms with Crippen LogP contribution in [-0.2, 0) is 0 Å². The van der Waals surface area contributed by atoms with Gasteiger partial charge in [-0.05, 0) is 36.4 Å². The van der Waals surface area contributed by atoms with E-state index in [1.54, 1.807) is 48.5 Å². The molecule has 21 heavy (non-hydrogen) atoms. The maximum absolute atomic E-state index is 11.7. The fourth-order valence-electron chi connectivity index (χ4n) is 1.60. The van der Waals surface area contributed by atoms with Gasteiger partial charge in [-0.25, -0.2) is 4.79 Å². The van der Waals surface area contributed by atoms with Crippen LogP contribution in [-0.4, -0.2) is 17.8 Å². The summed E-state index contributed by atoms with van der Waals surface area (Å²) in [7, 11) is 0. The van der Waals surface area contributed by atoms with Crippen LogP contribution in [0.25, 0.3) is 0 Å². The van der Waals surface area contributed by atoms with Crippen LogP contribution in [0.2, 0.25) is 0 Å². The summed E-state index contributed by atoms with van der Waals surface area (Å²) < 4.78 is 5.12. The summed E-state index contributed by atoms with van der Waals surface area (Å²) >= 11 is 0. The first-order valence-electron chi connectivity index (χ1n) is 6.51. The van der Waals surface area contributed by atoms with Gasteiger partial charge in [0.1, 0.15) is 5.75 Å². The van der Waals surface area contributed by atoms with Crippen LogP contribution in [0.4, 0.5) is 10.5 Å². The molecule has 0 aliphatic rings. The lowest BCUT2D eigenvalue weighted by Gasteiger charge is -2.06. The van der Waals surface area contributed by atoms with E-state index in [2.05, 4.69) is 17.2 Å². The van der Waals surface area contributed by atoms with Crippen molar-refractivity contribution in [3.63, 3.8) is 0 Å². The van der Waals surface area contributed by atoms with Gasteiger partial charge < -0.3 is 9.84 Å². The van der Waals surface area contributed by atoms with Gasteiger partial charge in [0, 0.05) is 17.7 Å². The van der Waals surface area contributed by atoms with Crippen molar-refractivity contribution in [2.75, 3.05) is 11.9 Å². The average molecular weight is 281 g/mol. The summed E-state index contributed by atoms with van der Waals surface area (Å²) in [5.41, 5.74) is 1.45. The molecule has 2 rings (SSSR count). The number of aliphatic hydroxyl groups is 1. The second kappa shape index (κ2) is 7.73. The number of hydrogen-bond donors (Lipinski definition) is 2. The lowest BCUT2D eigenvalue weighted by atomic mass is 10.2. The fraction of sp³-hybridized carbons (Fsp3) is 0.118. The molecule has 4 heteroatoms. The smallest absolute Gasteiger partial charge is 0.410 e. The van der Waals surface area contributed by atoms with E-state index in [4.69, 9.17) is 9.84 Å². The molecule has 0 saturated heterocycles. The van der Waals surface area contributed by atoms with E-state index in [0.717, 1.165) is 5.56 Å². The number of aliphatic hydroxyl groups excluding tert-OH is 1. The topological polar surface area (TPSA) is 58.6 Å². The summed E-state index contributed by atoms with van der Waals surface area (Å²) in [6.07, 6.45) is -0.0936. The molecule has 2 aromatic carbocycles. The van der Waals surface area contributed by atoms with Crippen LogP contribution < -0.4 is 10.1 Å². The zero-order valence-electron chi connectivity index (χ0n) is 11.4. The van der Waals surface area contributed by atoms with Gasteiger partial charge in [-0.1, -0.05) is 30.0 Å². The number of hydrogen-bond acceptors (Lipinski definition) is 3. The summed E-state index contributed by atoms with van der Waals surface area (Å²) in [4.78, 5) is 11.7. The predicted molar refractivity (Wildman–Crippen MR) is 81.1 cm³/mol. The largest absolute Gasteiger partial charge is 0.417 e. The predicted octanol–water partition coefficient (Wildman–Crippen LogP) is 3.03. The molecule has 0 unspecified atom stereocenters. The maximum Gasteiger partial charge on any atom is 0.417 e. The van der Waals surface area contributed by atoms with Crippen LogP contribution in [0, 0.1) is 11.8 Å². The average Bonchev–Trinajstić information content (AvgIpc) is 2.50. The van der Waals surface area contributed by atoms with E-state index >= 15 is 0 Å². The van der Waals surface area contributed by atoms with Gasteiger partial charge in [-0.3, -0.25) is 5.32 Å². The van der Waals surface area contributed by atoms with Gasteiger partial charge >= 0.3 is 6.09 Å². The van der Waals surface area contributed by atoms with Gasteiger partial charge in [0.2, 0.25) is 0 Å². The van der Waals surface area contributed by atoms with E-state index in [0.29, 0.717) is 17.9 Å². The Balaban J connectivity index is 1.91. The van der Waals surface area contributed by atoms with Crippen molar-refractivity contribution in [2.45, 2.75) is 6.42 Å². The zero-order chi connectivity index (χ0) is 14.9.